The van der Waals surface area contributed by atoms with E-state index >= 15 is 0 Å². The zero-order valence-corrected chi connectivity index (χ0v) is 11.1. The molecule has 0 aliphatic rings. The van der Waals surface area contributed by atoms with Crippen LogP contribution in [0.15, 0.2) is 63.8 Å². The molecule has 5 heteroatoms. The number of para-hydroxylation sites is 1. The largest absolute Gasteiger partial charge is 0.436 e. The minimum absolute atomic E-state index is 0.147. The molecule has 0 fully saturated rings. The molecule has 0 unspecified atom stereocenters. The van der Waals surface area contributed by atoms with Gasteiger partial charge in [0.05, 0.1) is 11.9 Å². The van der Waals surface area contributed by atoms with E-state index in [0.29, 0.717) is 23.2 Å². The van der Waals surface area contributed by atoms with Crippen molar-refractivity contribution in [1.29, 1.82) is 0 Å². The van der Waals surface area contributed by atoms with E-state index in [4.69, 9.17) is 4.42 Å². The molecule has 2 heterocycles. The van der Waals surface area contributed by atoms with Gasteiger partial charge in [-0.05, 0) is 17.7 Å². The van der Waals surface area contributed by atoms with Gasteiger partial charge in [-0.25, -0.2) is 4.68 Å². The molecule has 0 amide bonds. The van der Waals surface area contributed by atoms with Gasteiger partial charge in [-0.3, -0.25) is 4.79 Å². The molecule has 0 bridgehead atoms. The molecule has 0 saturated heterocycles. The minimum atomic E-state index is -0.147. The number of hydrogen-bond acceptors (Lipinski definition) is 4. The summed E-state index contributed by atoms with van der Waals surface area (Å²) in [5.74, 6) is 0. The molecule has 0 aliphatic heterocycles. The smallest absolute Gasteiger partial charge is 0.250 e. The van der Waals surface area contributed by atoms with Crippen molar-refractivity contribution in [3.63, 3.8) is 0 Å². The van der Waals surface area contributed by atoms with Gasteiger partial charge in [0.1, 0.15) is 5.58 Å². The highest BCUT2D eigenvalue weighted by Crippen LogP contribution is 2.17. The highest BCUT2D eigenvalue weighted by Gasteiger charge is 2.14. The number of aromatic nitrogens is 3. The predicted molar refractivity (Wildman–Crippen MR) is 79.1 cm³/mol. The lowest BCUT2D eigenvalue weighted by Gasteiger charge is -2.02. The molecule has 2 aromatic carbocycles. The fourth-order valence-electron chi connectivity index (χ4n) is 2.38. The van der Waals surface area contributed by atoms with Crippen LogP contribution < -0.4 is 5.43 Å². The molecule has 102 valence electrons. The average Bonchev–Trinajstić information content (AvgIpc) is 2.92. The van der Waals surface area contributed by atoms with Gasteiger partial charge in [0.2, 0.25) is 11.1 Å². The highest BCUT2D eigenvalue weighted by atomic mass is 16.3. The second kappa shape index (κ2) is 4.56. The first kappa shape index (κ1) is 11.8. The summed E-state index contributed by atoms with van der Waals surface area (Å²) in [5.41, 5.74) is 2.14. The Balaban J connectivity index is 1.94. The Morgan fingerprint density at radius 3 is 2.62 bits per heavy atom. The summed E-state index contributed by atoms with van der Waals surface area (Å²) >= 11 is 0. The molecule has 0 atom stereocenters. The van der Waals surface area contributed by atoms with Crippen LogP contribution in [0, 0.1) is 0 Å². The van der Waals surface area contributed by atoms with Crippen LogP contribution in [0.1, 0.15) is 5.56 Å². The van der Waals surface area contributed by atoms with Crippen molar-refractivity contribution >= 4 is 22.2 Å². The molecule has 0 aliphatic carbocycles. The minimum Gasteiger partial charge on any atom is -0.436 e. The van der Waals surface area contributed by atoms with Crippen LogP contribution in [-0.4, -0.2) is 15.0 Å². The van der Waals surface area contributed by atoms with Gasteiger partial charge in [0.15, 0.2) is 5.52 Å². The third kappa shape index (κ3) is 1.90. The highest BCUT2D eigenvalue weighted by molar-refractivity contribution is 5.85. The first-order chi connectivity index (χ1) is 10.3. The summed E-state index contributed by atoms with van der Waals surface area (Å²) < 4.78 is 7.42. The summed E-state index contributed by atoms with van der Waals surface area (Å²) in [6.45, 7) is 0.513. The Kier molecular flexibility index (Phi) is 2.57. The lowest BCUT2D eigenvalue weighted by Crippen LogP contribution is -2.04. The van der Waals surface area contributed by atoms with E-state index in [1.807, 2.05) is 36.4 Å². The van der Waals surface area contributed by atoms with Gasteiger partial charge in [-0.2, -0.15) is 0 Å². The van der Waals surface area contributed by atoms with Crippen LogP contribution in [0.4, 0.5) is 0 Å². The van der Waals surface area contributed by atoms with Gasteiger partial charge >= 0.3 is 0 Å². The van der Waals surface area contributed by atoms with Crippen LogP contribution in [-0.2, 0) is 6.54 Å². The quantitative estimate of drug-likeness (QED) is 0.565. The lowest BCUT2D eigenvalue weighted by molar-refractivity contribution is 0.570. The van der Waals surface area contributed by atoms with E-state index in [9.17, 15) is 4.79 Å². The van der Waals surface area contributed by atoms with E-state index in [1.54, 1.807) is 22.9 Å². The van der Waals surface area contributed by atoms with Gasteiger partial charge in [0, 0.05) is 0 Å². The van der Waals surface area contributed by atoms with Crippen molar-refractivity contribution in [2.45, 2.75) is 6.54 Å². The monoisotopic (exact) mass is 277 g/mol. The molecule has 0 N–H and O–H groups in total. The molecule has 21 heavy (non-hydrogen) atoms. The number of nitrogens with zero attached hydrogens (tertiary/aromatic N) is 3. The van der Waals surface area contributed by atoms with E-state index < -0.39 is 0 Å². The normalized spacial score (nSPS) is 11.2. The van der Waals surface area contributed by atoms with Gasteiger partial charge in [-0.1, -0.05) is 47.7 Å². The maximum atomic E-state index is 12.4. The second-order valence-corrected chi connectivity index (χ2v) is 4.81. The zero-order valence-electron chi connectivity index (χ0n) is 11.1. The Bertz CT molecular complexity index is 987. The number of rotatable bonds is 2. The number of hydrogen-bond donors (Lipinski definition) is 0. The molecule has 5 nitrogen and oxygen atoms in total. The Morgan fingerprint density at radius 1 is 1.00 bits per heavy atom. The van der Waals surface area contributed by atoms with Crippen molar-refractivity contribution in [3.05, 3.63) is 70.4 Å². The number of benzene rings is 2. The van der Waals surface area contributed by atoms with E-state index in [1.165, 1.54) is 0 Å². The average molecular weight is 277 g/mol. The summed E-state index contributed by atoms with van der Waals surface area (Å²) in [6.07, 6.45) is 0. The predicted octanol–water partition coefficient (Wildman–Crippen LogP) is 2.59. The first-order valence-corrected chi connectivity index (χ1v) is 6.62. The topological polar surface area (TPSA) is 60.9 Å². The standard InChI is InChI=1S/C16H11N3O2/c20-15-12-8-4-5-9-13(12)21-16-14(15)17-18-19(16)10-11-6-2-1-3-7-11/h1-9H,10H2. The van der Waals surface area contributed by atoms with E-state index in [0.717, 1.165) is 5.56 Å². The number of fused-ring (bicyclic) bond motifs is 2. The maximum Gasteiger partial charge on any atom is 0.250 e. The summed E-state index contributed by atoms with van der Waals surface area (Å²) in [4.78, 5) is 12.4. The molecular formula is C16H11N3O2. The molecule has 0 spiro atoms. The van der Waals surface area contributed by atoms with Crippen molar-refractivity contribution in [2.24, 2.45) is 0 Å². The maximum absolute atomic E-state index is 12.4. The van der Waals surface area contributed by atoms with Crippen molar-refractivity contribution in [3.8, 4) is 0 Å². The third-order valence-corrected chi connectivity index (χ3v) is 3.42. The van der Waals surface area contributed by atoms with Crippen molar-refractivity contribution in [2.75, 3.05) is 0 Å². The first-order valence-electron chi connectivity index (χ1n) is 6.62. The SMILES string of the molecule is O=c1c2ccccc2oc2c1nnn2Cc1ccccc1. The van der Waals surface area contributed by atoms with Gasteiger partial charge in [0.25, 0.3) is 0 Å². The van der Waals surface area contributed by atoms with Crippen LogP contribution >= 0.6 is 0 Å². The third-order valence-electron chi connectivity index (χ3n) is 3.42. The second-order valence-electron chi connectivity index (χ2n) is 4.81. The van der Waals surface area contributed by atoms with E-state index in [2.05, 4.69) is 10.3 Å². The fourth-order valence-corrected chi connectivity index (χ4v) is 2.38. The van der Waals surface area contributed by atoms with Crippen LogP contribution in [0.5, 0.6) is 0 Å². The van der Waals surface area contributed by atoms with Crippen molar-refractivity contribution < 1.29 is 4.42 Å². The Labute approximate surface area is 119 Å². The molecule has 4 rings (SSSR count). The molecular weight excluding hydrogens is 266 g/mol. The van der Waals surface area contributed by atoms with Crippen LogP contribution in [0.25, 0.3) is 22.2 Å². The van der Waals surface area contributed by atoms with Crippen LogP contribution in [0.3, 0.4) is 0 Å². The van der Waals surface area contributed by atoms with Gasteiger partial charge < -0.3 is 4.42 Å². The van der Waals surface area contributed by atoms with E-state index in [-0.39, 0.29) is 10.9 Å². The van der Waals surface area contributed by atoms with Gasteiger partial charge in [-0.15, -0.1) is 5.10 Å². The lowest BCUT2D eigenvalue weighted by atomic mass is 10.2. The summed E-state index contributed by atoms with van der Waals surface area (Å²) in [5, 5.41) is 8.54. The Hall–Kier alpha value is -2.95. The molecule has 2 aromatic heterocycles. The van der Waals surface area contributed by atoms with Crippen LogP contribution in [0.2, 0.25) is 0 Å². The zero-order chi connectivity index (χ0) is 14.2. The summed E-state index contributed by atoms with van der Waals surface area (Å²) in [6, 6.07) is 17.0. The Morgan fingerprint density at radius 2 is 1.76 bits per heavy atom. The summed E-state index contributed by atoms with van der Waals surface area (Å²) in [7, 11) is 0. The molecule has 4 aromatic rings. The fraction of sp³-hybridized carbons (Fsp3) is 0.0625. The van der Waals surface area contributed by atoms with Crippen molar-refractivity contribution in [1.82, 2.24) is 15.0 Å². The molecule has 0 radical (unpaired) electrons. The molecule has 0 saturated carbocycles.